The van der Waals surface area contributed by atoms with E-state index in [9.17, 15) is 13.2 Å². The number of ether oxygens (including phenoxy) is 1. The molecule has 0 spiro atoms. The standard InChI is InChI=1S/C24H19F3O/c25-18-9-10-22(23(27)15-18)24(11-12-24)16-19(26)13-17-5-4-8-21(14-17)28-20-6-2-1-3-7-20/h1-10,14-16H,11-13H2. The van der Waals surface area contributed by atoms with E-state index in [0.717, 1.165) is 11.6 Å². The van der Waals surface area contributed by atoms with Crippen LogP contribution in [0.15, 0.2) is 84.7 Å². The zero-order valence-electron chi connectivity index (χ0n) is 15.2. The van der Waals surface area contributed by atoms with Crippen LogP contribution in [0.25, 0.3) is 0 Å². The fourth-order valence-corrected chi connectivity index (χ4v) is 3.41. The van der Waals surface area contributed by atoms with E-state index < -0.39 is 17.0 Å². The van der Waals surface area contributed by atoms with Gasteiger partial charge in [-0.05, 0) is 60.4 Å². The molecule has 0 heterocycles. The Balaban J connectivity index is 1.50. The van der Waals surface area contributed by atoms with Crippen LogP contribution in [0.1, 0.15) is 24.0 Å². The average Bonchev–Trinajstić information content (AvgIpc) is 3.42. The molecule has 0 bridgehead atoms. The first-order valence-electron chi connectivity index (χ1n) is 9.19. The summed E-state index contributed by atoms with van der Waals surface area (Å²) in [6, 6.07) is 20.1. The Labute approximate surface area is 162 Å². The molecule has 0 unspecified atom stereocenters. The molecule has 4 rings (SSSR count). The minimum absolute atomic E-state index is 0.0938. The van der Waals surface area contributed by atoms with Gasteiger partial charge in [-0.1, -0.05) is 36.4 Å². The van der Waals surface area contributed by atoms with Crippen molar-refractivity contribution in [1.29, 1.82) is 0 Å². The zero-order chi connectivity index (χ0) is 19.6. The van der Waals surface area contributed by atoms with Crippen LogP contribution < -0.4 is 4.74 Å². The highest BCUT2D eigenvalue weighted by Gasteiger charge is 2.44. The van der Waals surface area contributed by atoms with Crippen LogP contribution in [0.4, 0.5) is 13.2 Å². The van der Waals surface area contributed by atoms with Gasteiger partial charge in [-0.2, -0.15) is 0 Å². The molecule has 0 aromatic heterocycles. The van der Waals surface area contributed by atoms with Crippen LogP contribution in [0.5, 0.6) is 11.5 Å². The Morgan fingerprint density at radius 3 is 2.36 bits per heavy atom. The largest absolute Gasteiger partial charge is 0.457 e. The minimum atomic E-state index is -0.667. The van der Waals surface area contributed by atoms with Gasteiger partial charge in [0, 0.05) is 17.9 Å². The third-order valence-corrected chi connectivity index (χ3v) is 4.94. The van der Waals surface area contributed by atoms with Crippen molar-refractivity contribution in [3.8, 4) is 11.5 Å². The number of halogens is 3. The fraction of sp³-hybridized carbons (Fsp3) is 0.167. The molecular weight excluding hydrogens is 361 g/mol. The Hall–Kier alpha value is -3.01. The number of benzene rings is 3. The van der Waals surface area contributed by atoms with Crippen LogP contribution in [0.3, 0.4) is 0 Å². The fourth-order valence-electron chi connectivity index (χ4n) is 3.41. The molecule has 1 aliphatic rings. The summed E-state index contributed by atoms with van der Waals surface area (Å²) in [5.74, 6) is -0.253. The molecular formula is C24H19F3O. The summed E-state index contributed by atoms with van der Waals surface area (Å²) >= 11 is 0. The maximum atomic E-state index is 14.7. The Bertz CT molecular complexity index is 1010. The van der Waals surface area contributed by atoms with E-state index in [1.54, 1.807) is 6.07 Å². The van der Waals surface area contributed by atoms with E-state index in [1.807, 2.05) is 48.5 Å². The van der Waals surface area contributed by atoms with Gasteiger partial charge in [0.25, 0.3) is 0 Å². The Morgan fingerprint density at radius 1 is 0.893 bits per heavy atom. The summed E-state index contributed by atoms with van der Waals surface area (Å²) in [6.07, 6.45) is 2.88. The SMILES string of the molecule is FC(=CC1(c2ccc(F)cc2F)CC1)Cc1cccc(Oc2ccccc2)c1. The van der Waals surface area contributed by atoms with E-state index >= 15 is 0 Å². The second-order valence-corrected chi connectivity index (χ2v) is 7.11. The molecule has 1 saturated carbocycles. The Morgan fingerprint density at radius 2 is 1.64 bits per heavy atom. The van der Waals surface area contributed by atoms with Gasteiger partial charge < -0.3 is 4.74 Å². The van der Waals surface area contributed by atoms with Crippen molar-refractivity contribution in [3.63, 3.8) is 0 Å². The highest BCUT2D eigenvalue weighted by atomic mass is 19.1. The molecule has 3 aromatic carbocycles. The number of rotatable bonds is 6. The number of allylic oxidation sites excluding steroid dienone is 2. The van der Waals surface area contributed by atoms with Crippen LogP contribution in [0.2, 0.25) is 0 Å². The first-order chi connectivity index (χ1) is 13.5. The molecule has 0 saturated heterocycles. The quantitative estimate of drug-likeness (QED) is 0.453. The normalized spacial score (nSPS) is 15.3. The van der Waals surface area contributed by atoms with Crippen molar-refractivity contribution in [3.05, 3.63) is 107 Å². The second-order valence-electron chi connectivity index (χ2n) is 7.11. The molecule has 1 fully saturated rings. The molecule has 1 nitrogen and oxygen atoms in total. The van der Waals surface area contributed by atoms with Crippen LogP contribution in [-0.4, -0.2) is 0 Å². The summed E-state index contributed by atoms with van der Waals surface area (Å²) in [5.41, 5.74) is 0.447. The Kier molecular flexibility index (Phi) is 4.95. The molecule has 0 radical (unpaired) electrons. The predicted molar refractivity (Wildman–Crippen MR) is 103 cm³/mol. The van der Waals surface area contributed by atoms with E-state index in [4.69, 9.17) is 4.74 Å². The van der Waals surface area contributed by atoms with Crippen molar-refractivity contribution in [2.75, 3.05) is 0 Å². The first-order valence-corrected chi connectivity index (χ1v) is 9.19. The van der Waals surface area contributed by atoms with Gasteiger partial charge in [-0.15, -0.1) is 0 Å². The van der Waals surface area contributed by atoms with Crippen LogP contribution >= 0.6 is 0 Å². The van der Waals surface area contributed by atoms with Gasteiger partial charge in [-0.3, -0.25) is 0 Å². The zero-order valence-corrected chi connectivity index (χ0v) is 15.2. The number of hydrogen-bond donors (Lipinski definition) is 0. The summed E-state index contributed by atoms with van der Waals surface area (Å²) < 4.78 is 47.8. The number of hydrogen-bond acceptors (Lipinski definition) is 1. The average molecular weight is 380 g/mol. The van der Waals surface area contributed by atoms with Gasteiger partial charge in [0.05, 0.1) is 0 Å². The highest BCUT2D eigenvalue weighted by Crippen LogP contribution is 2.51. The lowest BCUT2D eigenvalue weighted by molar-refractivity contribution is 0.482. The van der Waals surface area contributed by atoms with Crippen molar-refractivity contribution in [1.82, 2.24) is 0 Å². The second kappa shape index (κ2) is 7.55. The smallest absolute Gasteiger partial charge is 0.130 e. The molecule has 4 heteroatoms. The third-order valence-electron chi connectivity index (χ3n) is 4.94. The van der Waals surface area contributed by atoms with Gasteiger partial charge in [0.1, 0.15) is 29.0 Å². The summed E-state index contributed by atoms with van der Waals surface area (Å²) in [5, 5.41) is 0. The third kappa shape index (κ3) is 4.11. The van der Waals surface area contributed by atoms with Crippen molar-refractivity contribution in [2.45, 2.75) is 24.7 Å². The summed E-state index contributed by atoms with van der Waals surface area (Å²) in [4.78, 5) is 0. The molecule has 0 N–H and O–H groups in total. The number of para-hydroxylation sites is 1. The van der Waals surface area contributed by atoms with Crippen molar-refractivity contribution in [2.24, 2.45) is 0 Å². The van der Waals surface area contributed by atoms with Gasteiger partial charge in [0.2, 0.25) is 0 Å². The van der Waals surface area contributed by atoms with E-state index in [-0.39, 0.29) is 12.2 Å². The van der Waals surface area contributed by atoms with Crippen molar-refractivity contribution >= 4 is 0 Å². The lowest BCUT2D eigenvalue weighted by atomic mass is 9.93. The van der Waals surface area contributed by atoms with Gasteiger partial charge in [-0.25, -0.2) is 13.2 Å². The monoisotopic (exact) mass is 380 g/mol. The lowest BCUT2D eigenvalue weighted by Gasteiger charge is -2.13. The molecule has 0 atom stereocenters. The van der Waals surface area contributed by atoms with E-state index in [0.29, 0.717) is 29.9 Å². The molecule has 28 heavy (non-hydrogen) atoms. The maximum absolute atomic E-state index is 14.7. The predicted octanol–water partition coefficient (Wildman–Crippen LogP) is 6.88. The van der Waals surface area contributed by atoms with Gasteiger partial charge >= 0.3 is 0 Å². The van der Waals surface area contributed by atoms with Crippen molar-refractivity contribution < 1.29 is 17.9 Å². The summed E-state index contributed by atoms with van der Waals surface area (Å²) in [7, 11) is 0. The molecule has 3 aromatic rings. The minimum Gasteiger partial charge on any atom is -0.457 e. The molecule has 0 amide bonds. The molecule has 1 aliphatic carbocycles. The van der Waals surface area contributed by atoms with E-state index in [2.05, 4.69) is 0 Å². The lowest BCUT2D eigenvalue weighted by Crippen LogP contribution is -2.07. The van der Waals surface area contributed by atoms with E-state index in [1.165, 1.54) is 18.2 Å². The first kappa shape index (κ1) is 18.4. The maximum Gasteiger partial charge on any atom is 0.130 e. The molecule has 142 valence electrons. The van der Waals surface area contributed by atoms with Gasteiger partial charge in [0.15, 0.2) is 0 Å². The summed E-state index contributed by atoms with van der Waals surface area (Å²) in [6.45, 7) is 0. The van der Waals surface area contributed by atoms with Crippen LogP contribution in [-0.2, 0) is 11.8 Å². The molecule has 0 aliphatic heterocycles. The topological polar surface area (TPSA) is 9.23 Å². The van der Waals surface area contributed by atoms with Crippen LogP contribution in [0, 0.1) is 11.6 Å². The highest BCUT2D eigenvalue weighted by molar-refractivity contribution is 5.40.